The van der Waals surface area contributed by atoms with Gasteiger partial charge in [-0.25, -0.2) is 0 Å². The number of carboxylic acid groups (broad SMARTS) is 1. The van der Waals surface area contributed by atoms with Crippen LogP contribution in [0.25, 0.3) is 0 Å². The van der Waals surface area contributed by atoms with Crippen LogP contribution in [0.15, 0.2) is 0 Å². The Morgan fingerprint density at radius 1 is 1.10 bits per heavy atom. The summed E-state index contributed by atoms with van der Waals surface area (Å²) in [6.45, 7) is 2.14. The molecule has 1 saturated heterocycles. The first-order valence-electron chi connectivity index (χ1n) is 8.36. The summed E-state index contributed by atoms with van der Waals surface area (Å²) < 4.78 is 0. The number of hydrogen-bond donors (Lipinski definition) is 2. The van der Waals surface area contributed by atoms with Crippen molar-refractivity contribution >= 4 is 11.9 Å². The number of carboxylic acids is 1. The van der Waals surface area contributed by atoms with Gasteiger partial charge in [0.05, 0.1) is 5.41 Å². The van der Waals surface area contributed by atoms with Gasteiger partial charge in [-0.15, -0.1) is 0 Å². The smallest absolute Gasteiger partial charge is 0.310 e. The second-order valence-corrected chi connectivity index (χ2v) is 7.08. The minimum Gasteiger partial charge on any atom is -0.481 e. The van der Waals surface area contributed by atoms with Gasteiger partial charge < -0.3 is 15.3 Å². The van der Waals surface area contributed by atoms with Crippen LogP contribution in [-0.2, 0) is 9.59 Å². The molecule has 0 spiro atoms. The van der Waals surface area contributed by atoms with Gasteiger partial charge >= 0.3 is 5.97 Å². The Balaban J connectivity index is 1.46. The quantitative estimate of drug-likeness (QED) is 0.810. The zero-order valence-corrected chi connectivity index (χ0v) is 12.6. The predicted octanol–water partition coefficient (Wildman–Crippen LogP) is 1.76. The number of nitrogens with one attached hydrogen (secondary N) is 1. The fraction of sp³-hybridized carbons (Fsp3) is 0.875. The molecule has 1 heterocycles. The topological polar surface area (TPSA) is 69.6 Å². The molecule has 0 unspecified atom stereocenters. The van der Waals surface area contributed by atoms with Crippen molar-refractivity contribution in [2.24, 2.45) is 5.41 Å². The molecule has 3 aliphatic rings. The lowest BCUT2D eigenvalue weighted by molar-refractivity contribution is -0.151. The number of carbonyl (C=O) groups is 2. The van der Waals surface area contributed by atoms with Gasteiger partial charge in [0.15, 0.2) is 0 Å². The maximum absolute atomic E-state index is 12.2. The monoisotopic (exact) mass is 294 g/mol. The third kappa shape index (κ3) is 3.39. The van der Waals surface area contributed by atoms with Crippen LogP contribution in [0.3, 0.4) is 0 Å². The van der Waals surface area contributed by atoms with Crippen LogP contribution in [0, 0.1) is 5.41 Å². The van der Waals surface area contributed by atoms with Crippen molar-refractivity contribution in [3.63, 3.8) is 0 Å². The van der Waals surface area contributed by atoms with E-state index in [2.05, 4.69) is 10.2 Å². The van der Waals surface area contributed by atoms with E-state index in [-0.39, 0.29) is 18.4 Å². The zero-order chi connectivity index (χ0) is 14.9. The molecule has 21 heavy (non-hydrogen) atoms. The first-order valence-corrected chi connectivity index (χ1v) is 8.36. The maximum atomic E-state index is 12.2. The van der Waals surface area contributed by atoms with Gasteiger partial charge in [-0.05, 0) is 38.5 Å². The lowest BCUT2D eigenvalue weighted by Crippen LogP contribution is -2.46. The van der Waals surface area contributed by atoms with Crippen molar-refractivity contribution in [1.82, 2.24) is 10.2 Å². The van der Waals surface area contributed by atoms with E-state index >= 15 is 0 Å². The standard InChI is InChI=1S/C16H26N2O3/c19-14(11-16(15(20)21)7-1-2-8-16)17-12-5-9-18(10-6-12)13-3-4-13/h12-13H,1-11H2,(H,17,19)(H,20,21). The third-order valence-electron chi connectivity index (χ3n) is 5.47. The molecule has 0 bridgehead atoms. The van der Waals surface area contributed by atoms with Crippen LogP contribution >= 0.6 is 0 Å². The molecule has 0 radical (unpaired) electrons. The van der Waals surface area contributed by atoms with Gasteiger partial charge in [0.25, 0.3) is 0 Å². The average Bonchev–Trinajstić information content (AvgIpc) is 3.19. The summed E-state index contributed by atoms with van der Waals surface area (Å²) in [4.78, 5) is 26.2. The molecule has 1 amide bonds. The third-order valence-corrected chi connectivity index (χ3v) is 5.47. The van der Waals surface area contributed by atoms with Crippen LogP contribution in [0.5, 0.6) is 0 Å². The molecule has 5 nitrogen and oxygen atoms in total. The lowest BCUT2D eigenvalue weighted by Gasteiger charge is -2.33. The highest BCUT2D eigenvalue weighted by Gasteiger charge is 2.43. The number of nitrogens with zero attached hydrogens (tertiary/aromatic N) is 1. The summed E-state index contributed by atoms with van der Waals surface area (Å²) in [7, 11) is 0. The fourth-order valence-electron chi connectivity index (χ4n) is 3.95. The summed E-state index contributed by atoms with van der Waals surface area (Å²) in [5.41, 5.74) is -0.793. The van der Waals surface area contributed by atoms with E-state index in [1.807, 2.05) is 0 Å². The van der Waals surface area contributed by atoms with Gasteiger partial charge in [-0.3, -0.25) is 9.59 Å². The van der Waals surface area contributed by atoms with E-state index in [4.69, 9.17) is 0 Å². The number of hydrogen-bond acceptors (Lipinski definition) is 3. The van der Waals surface area contributed by atoms with Crippen LogP contribution in [0.4, 0.5) is 0 Å². The number of aliphatic carboxylic acids is 1. The maximum Gasteiger partial charge on any atom is 0.310 e. The van der Waals surface area contributed by atoms with Crippen LogP contribution in [0.2, 0.25) is 0 Å². The summed E-state index contributed by atoms with van der Waals surface area (Å²) in [5.74, 6) is -0.858. The van der Waals surface area contributed by atoms with Crippen molar-refractivity contribution in [3.8, 4) is 0 Å². The minimum atomic E-state index is -0.793. The molecule has 1 aliphatic heterocycles. The Morgan fingerprint density at radius 2 is 1.71 bits per heavy atom. The van der Waals surface area contributed by atoms with E-state index in [0.717, 1.165) is 44.8 Å². The van der Waals surface area contributed by atoms with Crippen molar-refractivity contribution in [2.75, 3.05) is 13.1 Å². The molecule has 0 atom stereocenters. The highest BCUT2D eigenvalue weighted by Crippen LogP contribution is 2.41. The molecule has 2 N–H and O–H groups in total. The van der Waals surface area contributed by atoms with Gasteiger partial charge in [0.2, 0.25) is 5.91 Å². The SMILES string of the molecule is O=C(CC1(C(=O)O)CCCC1)NC1CCN(C2CC2)CC1. The highest BCUT2D eigenvalue weighted by molar-refractivity contribution is 5.85. The van der Waals surface area contributed by atoms with Crippen LogP contribution in [-0.4, -0.2) is 47.1 Å². The van der Waals surface area contributed by atoms with Gasteiger partial charge in [0.1, 0.15) is 0 Å². The average molecular weight is 294 g/mol. The van der Waals surface area contributed by atoms with E-state index in [0.29, 0.717) is 12.8 Å². The summed E-state index contributed by atoms with van der Waals surface area (Å²) in [5, 5.41) is 12.5. The Labute approximate surface area is 126 Å². The molecule has 3 fully saturated rings. The number of rotatable bonds is 5. The minimum absolute atomic E-state index is 0.0656. The normalized spacial score (nSPS) is 26.7. The zero-order valence-electron chi connectivity index (χ0n) is 12.6. The fourth-order valence-corrected chi connectivity index (χ4v) is 3.95. The first kappa shape index (κ1) is 14.8. The molecule has 2 aliphatic carbocycles. The number of carbonyl (C=O) groups excluding carboxylic acids is 1. The van der Waals surface area contributed by atoms with Crippen molar-refractivity contribution in [1.29, 1.82) is 0 Å². The van der Waals surface area contributed by atoms with E-state index in [1.54, 1.807) is 0 Å². The molecular weight excluding hydrogens is 268 g/mol. The Morgan fingerprint density at radius 3 is 2.24 bits per heavy atom. The Hall–Kier alpha value is -1.10. The van der Waals surface area contributed by atoms with E-state index < -0.39 is 11.4 Å². The van der Waals surface area contributed by atoms with Gasteiger partial charge in [0, 0.05) is 31.6 Å². The molecule has 0 aromatic heterocycles. The number of piperidine rings is 1. The van der Waals surface area contributed by atoms with Gasteiger partial charge in [-0.2, -0.15) is 0 Å². The number of amides is 1. The highest BCUT2D eigenvalue weighted by atomic mass is 16.4. The molecule has 2 saturated carbocycles. The lowest BCUT2D eigenvalue weighted by atomic mass is 9.82. The second-order valence-electron chi connectivity index (χ2n) is 7.08. The van der Waals surface area contributed by atoms with Crippen molar-refractivity contribution in [2.45, 2.75) is 69.9 Å². The van der Waals surface area contributed by atoms with Crippen LogP contribution in [0.1, 0.15) is 57.8 Å². The van der Waals surface area contributed by atoms with Gasteiger partial charge in [-0.1, -0.05) is 12.8 Å². The van der Waals surface area contributed by atoms with Crippen molar-refractivity contribution < 1.29 is 14.7 Å². The van der Waals surface area contributed by atoms with Crippen molar-refractivity contribution in [3.05, 3.63) is 0 Å². The molecule has 0 aromatic carbocycles. The summed E-state index contributed by atoms with van der Waals surface area (Å²) >= 11 is 0. The number of likely N-dealkylation sites (tertiary alicyclic amines) is 1. The molecule has 3 rings (SSSR count). The Bertz CT molecular complexity index is 406. The second kappa shape index (κ2) is 5.95. The molecule has 118 valence electrons. The van der Waals surface area contributed by atoms with E-state index in [1.165, 1.54) is 12.8 Å². The Kier molecular flexibility index (Phi) is 4.20. The molecule has 5 heteroatoms. The summed E-state index contributed by atoms with van der Waals surface area (Å²) in [6, 6.07) is 1.04. The first-order chi connectivity index (χ1) is 10.1. The van der Waals surface area contributed by atoms with Crippen LogP contribution < -0.4 is 5.32 Å². The summed E-state index contributed by atoms with van der Waals surface area (Å²) in [6.07, 6.45) is 7.98. The predicted molar refractivity (Wildman–Crippen MR) is 78.9 cm³/mol. The molecular formula is C16H26N2O3. The molecule has 0 aromatic rings. The largest absolute Gasteiger partial charge is 0.481 e. The van der Waals surface area contributed by atoms with E-state index in [9.17, 15) is 14.7 Å².